The number of nitro groups is 1. The Kier molecular flexibility index (Phi) is 5.18. The van der Waals surface area contributed by atoms with E-state index in [-0.39, 0.29) is 27.9 Å². The summed E-state index contributed by atoms with van der Waals surface area (Å²) in [5.74, 6) is -0.805. The molecule has 3 aromatic rings. The van der Waals surface area contributed by atoms with Crippen LogP contribution in [0.5, 0.6) is 0 Å². The summed E-state index contributed by atoms with van der Waals surface area (Å²) in [5, 5.41) is 13.8. The summed E-state index contributed by atoms with van der Waals surface area (Å²) in [6.07, 6.45) is 1.29. The van der Waals surface area contributed by atoms with Crippen LogP contribution in [0.25, 0.3) is 17.4 Å². The maximum Gasteiger partial charge on any atom is 0.280 e. The molecule has 0 spiro atoms. The summed E-state index contributed by atoms with van der Waals surface area (Å²) in [6, 6.07) is 16.3. The third-order valence-electron chi connectivity index (χ3n) is 4.67. The predicted molar refractivity (Wildman–Crippen MR) is 118 cm³/mol. The van der Waals surface area contributed by atoms with Crippen molar-refractivity contribution in [3.8, 4) is 11.3 Å². The first-order valence-electron chi connectivity index (χ1n) is 9.17. The Hall–Kier alpha value is -4.11. The number of nitrogens with one attached hydrogen (secondary N) is 1. The van der Waals surface area contributed by atoms with Gasteiger partial charge in [0.05, 0.1) is 16.2 Å². The Balaban J connectivity index is 1.69. The zero-order chi connectivity index (χ0) is 22.1. The molecule has 0 radical (unpaired) electrons. The minimum Gasteiger partial charge on any atom is -0.456 e. The summed E-state index contributed by atoms with van der Waals surface area (Å²) in [7, 11) is 0. The van der Waals surface area contributed by atoms with Crippen molar-refractivity contribution >= 4 is 46.6 Å². The highest BCUT2D eigenvalue weighted by atomic mass is 32.1. The minimum absolute atomic E-state index is 0.0175. The molecule has 1 aliphatic rings. The molecular formula is C22H15N3O5S. The molecule has 0 aliphatic carbocycles. The molecule has 1 N–H and O–H groups in total. The van der Waals surface area contributed by atoms with Crippen LogP contribution < -0.4 is 10.2 Å². The molecule has 1 saturated heterocycles. The van der Waals surface area contributed by atoms with E-state index in [1.54, 1.807) is 36.4 Å². The standard InChI is InChI=1S/C22H15N3O5S/c1-13-6-8-14(9-7-13)24-21(27)17(20(26)23-22(24)31)12-15-10-11-19(30-15)16-4-2-3-5-18(16)25(28)29/h2-12H,1H3,(H,23,26,31). The number of carbonyl (C=O) groups excluding carboxylic acids is 2. The lowest BCUT2D eigenvalue weighted by molar-refractivity contribution is -0.384. The fourth-order valence-electron chi connectivity index (χ4n) is 3.14. The van der Waals surface area contributed by atoms with E-state index in [2.05, 4.69) is 5.32 Å². The van der Waals surface area contributed by atoms with Gasteiger partial charge in [-0.05, 0) is 55.5 Å². The van der Waals surface area contributed by atoms with Crippen LogP contribution in [0, 0.1) is 17.0 Å². The van der Waals surface area contributed by atoms with Gasteiger partial charge in [-0.25, -0.2) is 0 Å². The Morgan fingerprint density at radius 1 is 1.06 bits per heavy atom. The first kappa shape index (κ1) is 20.2. The second-order valence-electron chi connectivity index (χ2n) is 6.77. The van der Waals surface area contributed by atoms with Gasteiger partial charge in [0, 0.05) is 6.07 Å². The number of hydrogen-bond donors (Lipinski definition) is 1. The maximum absolute atomic E-state index is 13.0. The summed E-state index contributed by atoms with van der Waals surface area (Å²) >= 11 is 5.18. The second-order valence-corrected chi connectivity index (χ2v) is 7.16. The quantitative estimate of drug-likeness (QED) is 0.219. The number of para-hydroxylation sites is 1. The number of nitrogens with zero attached hydrogens (tertiary/aromatic N) is 2. The number of thiocarbonyl (C=S) groups is 1. The van der Waals surface area contributed by atoms with Crippen LogP contribution >= 0.6 is 12.2 Å². The number of furan rings is 1. The number of aryl methyl sites for hydroxylation is 1. The fourth-order valence-corrected chi connectivity index (χ4v) is 3.43. The fraction of sp³-hybridized carbons (Fsp3) is 0.0455. The van der Waals surface area contributed by atoms with Crippen LogP contribution in [0.2, 0.25) is 0 Å². The highest BCUT2D eigenvalue weighted by Gasteiger charge is 2.34. The van der Waals surface area contributed by atoms with Crippen molar-refractivity contribution in [2.24, 2.45) is 0 Å². The van der Waals surface area contributed by atoms with Crippen molar-refractivity contribution < 1.29 is 18.9 Å². The van der Waals surface area contributed by atoms with Gasteiger partial charge in [0.15, 0.2) is 5.11 Å². The lowest BCUT2D eigenvalue weighted by Gasteiger charge is -2.28. The van der Waals surface area contributed by atoms with E-state index in [4.69, 9.17) is 16.6 Å². The third-order valence-corrected chi connectivity index (χ3v) is 4.96. The SMILES string of the molecule is Cc1ccc(N2C(=O)C(=Cc3ccc(-c4ccccc4[N+](=O)[O-])o3)C(=O)NC2=S)cc1. The monoisotopic (exact) mass is 433 g/mol. The second kappa shape index (κ2) is 7.96. The molecule has 0 saturated carbocycles. The molecule has 154 valence electrons. The summed E-state index contributed by atoms with van der Waals surface area (Å²) in [6.45, 7) is 1.92. The first-order valence-corrected chi connectivity index (χ1v) is 9.58. The van der Waals surface area contributed by atoms with Crippen LogP contribution in [0.1, 0.15) is 11.3 Å². The normalized spacial score (nSPS) is 15.3. The summed E-state index contributed by atoms with van der Waals surface area (Å²) in [4.78, 5) is 37.4. The van der Waals surface area contributed by atoms with Crippen LogP contribution in [0.15, 0.2) is 70.7 Å². The lowest BCUT2D eigenvalue weighted by Crippen LogP contribution is -2.54. The minimum atomic E-state index is -0.651. The Morgan fingerprint density at radius 3 is 2.48 bits per heavy atom. The zero-order valence-corrected chi connectivity index (χ0v) is 17.0. The Morgan fingerprint density at radius 2 is 1.77 bits per heavy atom. The number of anilines is 1. The van der Waals surface area contributed by atoms with E-state index >= 15 is 0 Å². The lowest BCUT2D eigenvalue weighted by atomic mass is 10.1. The molecule has 9 heteroatoms. The highest BCUT2D eigenvalue weighted by Crippen LogP contribution is 2.31. The molecular weight excluding hydrogens is 418 g/mol. The van der Waals surface area contributed by atoms with Crippen molar-refractivity contribution in [1.29, 1.82) is 0 Å². The first-order chi connectivity index (χ1) is 14.8. The van der Waals surface area contributed by atoms with Crippen molar-refractivity contribution in [3.05, 3.63) is 87.7 Å². The van der Waals surface area contributed by atoms with Gasteiger partial charge in [-0.15, -0.1) is 0 Å². The van der Waals surface area contributed by atoms with Crippen molar-refractivity contribution in [2.45, 2.75) is 6.92 Å². The zero-order valence-electron chi connectivity index (χ0n) is 16.2. The molecule has 2 heterocycles. The van der Waals surface area contributed by atoms with E-state index in [0.717, 1.165) is 5.56 Å². The molecule has 2 amide bonds. The average molecular weight is 433 g/mol. The van der Waals surface area contributed by atoms with Gasteiger partial charge in [0.25, 0.3) is 17.5 Å². The highest BCUT2D eigenvalue weighted by molar-refractivity contribution is 7.80. The smallest absolute Gasteiger partial charge is 0.280 e. The van der Waals surface area contributed by atoms with Crippen molar-refractivity contribution in [1.82, 2.24) is 5.32 Å². The van der Waals surface area contributed by atoms with Crippen LogP contribution in [0.3, 0.4) is 0 Å². The van der Waals surface area contributed by atoms with E-state index in [1.807, 2.05) is 19.1 Å². The van der Waals surface area contributed by atoms with Crippen LogP contribution in [0.4, 0.5) is 11.4 Å². The number of carbonyl (C=O) groups is 2. The molecule has 1 aliphatic heterocycles. The number of amides is 2. The topological polar surface area (TPSA) is 106 Å². The molecule has 4 rings (SSSR count). The third kappa shape index (κ3) is 3.86. The maximum atomic E-state index is 13.0. The largest absolute Gasteiger partial charge is 0.456 e. The molecule has 1 fully saturated rings. The molecule has 2 aromatic carbocycles. The van der Waals surface area contributed by atoms with Crippen LogP contribution in [-0.4, -0.2) is 21.9 Å². The van der Waals surface area contributed by atoms with Gasteiger partial charge in [-0.3, -0.25) is 29.9 Å². The van der Waals surface area contributed by atoms with Gasteiger partial charge >= 0.3 is 0 Å². The van der Waals surface area contributed by atoms with Gasteiger partial charge in [-0.2, -0.15) is 0 Å². The van der Waals surface area contributed by atoms with E-state index in [9.17, 15) is 19.7 Å². The van der Waals surface area contributed by atoms with Crippen molar-refractivity contribution in [3.63, 3.8) is 0 Å². The Bertz CT molecular complexity index is 1260. The van der Waals surface area contributed by atoms with Gasteiger partial charge < -0.3 is 4.42 Å². The van der Waals surface area contributed by atoms with Gasteiger partial charge in [0.2, 0.25) is 0 Å². The molecule has 8 nitrogen and oxygen atoms in total. The summed E-state index contributed by atoms with van der Waals surface area (Å²) < 4.78 is 5.68. The van der Waals surface area contributed by atoms with E-state index < -0.39 is 16.7 Å². The van der Waals surface area contributed by atoms with Crippen molar-refractivity contribution in [2.75, 3.05) is 4.90 Å². The summed E-state index contributed by atoms with van der Waals surface area (Å²) in [5.41, 5.74) is 1.54. The number of nitro benzene ring substituents is 1. The molecule has 0 atom stereocenters. The molecule has 1 aromatic heterocycles. The molecule has 0 bridgehead atoms. The number of rotatable bonds is 4. The number of hydrogen-bond acceptors (Lipinski definition) is 6. The molecule has 0 unspecified atom stereocenters. The molecule has 31 heavy (non-hydrogen) atoms. The van der Waals surface area contributed by atoms with Gasteiger partial charge in [0.1, 0.15) is 17.1 Å². The van der Waals surface area contributed by atoms with Gasteiger partial charge in [-0.1, -0.05) is 29.8 Å². The van der Waals surface area contributed by atoms with E-state index in [1.165, 1.54) is 23.1 Å². The number of benzene rings is 2. The predicted octanol–water partition coefficient (Wildman–Crippen LogP) is 3.99. The van der Waals surface area contributed by atoms with Crippen LogP contribution in [-0.2, 0) is 9.59 Å². The Labute approximate surface area is 181 Å². The average Bonchev–Trinajstić information content (AvgIpc) is 3.21. The van der Waals surface area contributed by atoms with E-state index in [0.29, 0.717) is 11.3 Å².